The molecule has 1 amide bonds. The first-order chi connectivity index (χ1) is 10.2. The molecule has 114 valence electrons. The van der Waals surface area contributed by atoms with Crippen molar-refractivity contribution in [2.45, 2.75) is 38.5 Å². The Morgan fingerprint density at radius 2 is 1.81 bits per heavy atom. The lowest BCUT2D eigenvalue weighted by Gasteiger charge is -2.40. The van der Waals surface area contributed by atoms with Crippen LogP contribution in [-0.4, -0.2) is 25.5 Å². The third kappa shape index (κ3) is 3.21. The predicted octanol–water partition coefficient (Wildman–Crippen LogP) is 2.74. The summed E-state index contributed by atoms with van der Waals surface area (Å²) in [6.07, 6.45) is 6.49. The summed E-state index contributed by atoms with van der Waals surface area (Å²) in [7, 11) is 0. The SMILES string of the molecule is NCC1(CC(=O)Nc2ccc(N3CCCC3)cc2)CCC1. The van der Waals surface area contributed by atoms with Crippen molar-refractivity contribution >= 4 is 17.3 Å². The number of nitrogens with zero attached hydrogens (tertiary/aromatic N) is 1. The minimum Gasteiger partial charge on any atom is -0.372 e. The van der Waals surface area contributed by atoms with Gasteiger partial charge in [0.25, 0.3) is 0 Å². The van der Waals surface area contributed by atoms with E-state index in [1.165, 1.54) is 24.9 Å². The summed E-state index contributed by atoms with van der Waals surface area (Å²) in [5, 5.41) is 3.00. The van der Waals surface area contributed by atoms with E-state index in [0.717, 1.165) is 31.6 Å². The maximum Gasteiger partial charge on any atom is 0.224 e. The van der Waals surface area contributed by atoms with Gasteiger partial charge in [0.2, 0.25) is 5.91 Å². The summed E-state index contributed by atoms with van der Waals surface area (Å²) in [6.45, 7) is 2.91. The lowest BCUT2D eigenvalue weighted by atomic mass is 9.66. The van der Waals surface area contributed by atoms with E-state index < -0.39 is 0 Å². The van der Waals surface area contributed by atoms with Crippen LogP contribution in [0, 0.1) is 5.41 Å². The Hall–Kier alpha value is -1.55. The van der Waals surface area contributed by atoms with Gasteiger partial charge in [0.15, 0.2) is 0 Å². The molecule has 0 unspecified atom stereocenters. The van der Waals surface area contributed by atoms with Gasteiger partial charge in [-0.05, 0) is 61.9 Å². The predicted molar refractivity (Wildman–Crippen MR) is 86.5 cm³/mol. The van der Waals surface area contributed by atoms with Crippen LogP contribution in [0.3, 0.4) is 0 Å². The number of anilines is 2. The van der Waals surface area contributed by atoms with Crippen LogP contribution >= 0.6 is 0 Å². The minimum atomic E-state index is 0.0690. The second-order valence-electron chi connectivity index (χ2n) is 6.52. The van der Waals surface area contributed by atoms with Crippen LogP contribution in [0.5, 0.6) is 0 Å². The fourth-order valence-electron chi connectivity index (χ4n) is 3.41. The number of nitrogens with two attached hydrogens (primary N) is 1. The molecule has 0 atom stereocenters. The molecule has 0 bridgehead atoms. The largest absolute Gasteiger partial charge is 0.372 e. The molecule has 1 saturated carbocycles. The zero-order valence-corrected chi connectivity index (χ0v) is 12.6. The summed E-state index contributed by atoms with van der Waals surface area (Å²) < 4.78 is 0. The van der Waals surface area contributed by atoms with Gasteiger partial charge in [0.1, 0.15) is 0 Å². The fraction of sp³-hybridized carbons (Fsp3) is 0.588. The van der Waals surface area contributed by atoms with Gasteiger partial charge in [-0.3, -0.25) is 4.79 Å². The van der Waals surface area contributed by atoms with Crippen molar-refractivity contribution in [2.24, 2.45) is 11.1 Å². The first-order valence-corrected chi connectivity index (χ1v) is 8.06. The van der Waals surface area contributed by atoms with Gasteiger partial charge in [0, 0.05) is 30.9 Å². The van der Waals surface area contributed by atoms with Crippen LogP contribution in [0.1, 0.15) is 38.5 Å². The minimum absolute atomic E-state index is 0.0690. The molecule has 3 N–H and O–H groups in total. The van der Waals surface area contributed by atoms with Crippen molar-refractivity contribution in [1.29, 1.82) is 0 Å². The summed E-state index contributed by atoms with van der Waals surface area (Å²) in [5.74, 6) is 0.0917. The fourth-order valence-corrected chi connectivity index (χ4v) is 3.41. The smallest absolute Gasteiger partial charge is 0.224 e. The average Bonchev–Trinajstić information content (AvgIpc) is 2.98. The highest BCUT2D eigenvalue weighted by atomic mass is 16.1. The third-order valence-electron chi connectivity index (χ3n) is 5.01. The molecular weight excluding hydrogens is 262 g/mol. The summed E-state index contributed by atoms with van der Waals surface area (Å²) in [6, 6.07) is 8.20. The van der Waals surface area contributed by atoms with Gasteiger partial charge in [-0.15, -0.1) is 0 Å². The molecule has 1 aromatic carbocycles. The average molecular weight is 287 g/mol. The van der Waals surface area contributed by atoms with Crippen LogP contribution in [-0.2, 0) is 4.79 Å². The number of hydrogen-bond acceptors (Lipinski definition) is 3. The van der Waals surface area contributed by atoms with Crippen molar-refractivity contribution in [3.63, 3.8) is 0 Å². The number of hydrogen-bond donors (Lipinski definition) is 2. The van der Waals surface area contributed by atoms with E-state index in [-0.39, 0.29) is 11.3 Å². The second-order valence-corrected chi connectivity index (χ2v) is 6.52. The molecule has 3 rings (SSSR count). The molecule has 1 heterocycles. The maximum absolute atomic E-state index is 12.1. The van der Waals surface area contributed by atoms with Gasteiger partial charge in [-0.25, -0.2) is 0 Å². The van der Waals surface area contributed by atoms with Crippen molar-refractivity contribution < 1.29 is 4.79 Å². The first kappa shape index (κ1) is 14.4. The number of rotatable bonds is 5. The number of nitrogens with one attached hydrogen (secondary N) is 1. The summed E-state index contributed by atoms with van der Waals surface area (Å²) >= 11 is 0. The normalized spacial score (nSPS) is 20.1. The van der Waals surface area contributed by atoms with Gasteiger partial charge >= 0.3 is 0 Å². The Morgan fingerprint density at radius 1 is 1.14 bits per heavy atom. The van der Waals surface area contributed by atoms with Crippen molar-refractivity contribution in [3.8, 4) is 0 Å². The topological polar surface area (TPSA) is 58.4 Å². The number of benzene rings is 1. The van der Waals surface area contributed by atoms with Crippen molar-refractivity contribution in [1.82, 2.24) is 0 Å². The van der Waals surface area contributed by atoms with Gasteiger partial charge < -0.3 is 16.0 Å². The lowest BCUT2D eigenvalue weighted by Crippen LogP contribution is -2.40. The van der Waals surface area contributed by atoms with Crippen LogP contribution in [0.4, 0.5) is 11.4 Å². The van der Waals surface area contributed by atoms with Gasteiger partial charge in [-0.1, -0.05) is 6.42 Å². The monoisotopic (exact) mass is 287 g/mol. The van der Waals surface area contributed by atoms with E-state index in [1.807, 2.05) is 12.1 Å². The maximum atomic E-state index is 12.1. The highest BCUT2D eigenvalue weighted by molar-refractivity contribution is 5.91. The van der Waals surface area contributed by atoms with Crippen molar-refractivity contribution in [3.05, 3.63) is 24.3 Å². The van der Waals surface area contributed by atoms with E-state index in [1.54, 1.807) is 0 Å². The van der Waals surface area contributed by atoms with Crippen LogP contribution < -0.4 is 16.0 Å². The highest BCUT2D eigenvalue weighted by Crippen LogP contribution is 2.43. The lowest BCUT2D eigenvalue weighted by molar-refractivity contribution is -0.119. The summed E-state index contributed by atoms with van der Waals surface area (Å²) in [5.41, 5.74) is 8.02. The summed E-state index contributed by atoms with van der Waals surface area (Å²) in [4.78, 5) is 14.5. The highest BCUT2D eigenvalue weighted by Gasteiger charge is 2.37. The number of amides is 1. The molecule has 1 aromatic rings. The molecule has 0 spiro atoms. The standard InChI is InChI=1S/C17H25N3O/c18-13-17(8-3-9-17)12-16(21)19-14-4-6-15(7-5-14)20-10-1-2-11-20/h4-7H,1-3,8-13,18H2,(H,19,21). The molecule has 0 radical (unpaired) electrons. The molecule has 4 heteroatoms. The zero-order chi connectivity index (χ0) is 14.7. The number of carbonyl (C=O) groups is 1. The van der Waals surface area contributed by atoms with E-state index >= 15 is 0 Å². The van der Waals surface area contributed by atoms with E-state index in [4.69, 9.17) is 5.73 Å². The number of carbonyl (C=O) groups excluding carboxylic acids is 1. The van der Waals surface area contributed by atoms with E-state index in [9.17, 15) is 4.79 Å². The first-order valence-electron chi connectivity index (χ1n) is 8.06. The zero-order valence-electron chi connectivity index (χ0n) is 12.6. The molecule has 1 aliphatic carbocycles. The molecular formula is C17H25N3O. The molecule has 2 aliphatic rings. The van der Waals surface area contributed by atoms with E-state index in [2.05, 4.69) is 22.3 Å². The third-order valence-corrected chi connectivity index (χ3v) is 5.01. The van der Waals surface area contributed by atoms with E-state index in [0.29, 0.717) is 13.0 Å². The molecule has 1 saturated heterocycles. The van der Waals surface area contributed by atoms with Gasteiger partial charge in [-0.2, -0.15) is 0 Å². The van der Waals surface area contributed by atoms with Gasteiger partial charge in [0.05, 0.1) is 0 Å². The van der Waals surface area contributed by atoms with Crippen molar-refractivity contribution in [2.75, 3.05) is 29.9 Å². The Labute approximate surface area is 126 Å². The molecule has 2 fully saturated rings. The Morgan fingerprint density at radius 3 is 2.33 bits per heavy atom. The Kier molecular flexibility index (Phi) is 4.15. The molecule has 0 aromatic heterocycles. The second kappa shape index (κ2) is 6.06. The molecule has 4 nitrogen and oxygen atoms in total. The molecule has 21 heavy (non-hydrogen) atoms. The Balaban J connectivity index is 1.56. The van der Waals surface area contributed by atoms with Crippen LogP contribution in [0.2, 0.25) is 0 Å². The van der Waals surface area contributed by atoms with Crippen LogP contribution in [0.25, 0.3) is 0 Å². The Bertz CT molecular complexity index is 482. The van der Waals surface area contributed by atoms with Crippen LogP contribution in [0.15, 0.2) is 24.3 Å². The quantitative estimate of drug-likeness (QED) is 0.875. The molecule has 1 aliphatic heterocycles.